The van der Waals surface area contributed by atoms with Gasteiger partial charge in [-0.1, -0.05) is 0 Å². The van der Waals surface area contributed by atoms with Crippen LogP contribution in [0.1, 0.15) is 16.1 Å². The minimum atomic E-state index is -0.232. The van der Waals surface area contributed by atoms with Gasteiger partial charge < -0.3 is 19.2 Å². The number of hydrogen-bond acceptors (Lipinski definition) is 6. The van der Waals surface area contributed by atoms with Crippen molar-refractivity contribution in [3.05, 3.63) is 60.2 Å². The number of ether oxygens (including phenoxy) is 2. The second kappa shape index (κ2) is 6.04. The minimum absolute atomic E-state index is 0.173. The summed E-state index contributed by atoms with van der Waals surface area (Å²) in [6, 6.07) is 8.63. The van der Waals surface area contributed by atoms with Crippen LogP contribution in [-0.2, 0) is 6.54 Å². The van der Waals surface area contributed by atoms with Gasteiger partial charge in [0.25, 0.3) is 5.91 Å². The molecule has 0 saturated heterocycles. The molecular formula is C17H13N3O4. The second-order valence-electron chi connectivity index (χ2n) is 5.08. The maximum Gasteiger partial charge on any atom is 0.251 e. The molecule has 2 aromatic heterocycles. The van der Waals surface area contributed by atoms with Crippen molar-refractivity contribution in [1.82, 2.24) is 15.3 Å². The quantitative estimate of drug-likeness (QED) is 0.793. The summed E-state index contributed by atoms with van der Waals surface area (Å²) in [4.78, 5) is 20.9. The van der Waals surface area contributed by atoms with Gasteiger partial charge in [0.1, 0.15) is 5.69 Å². The topological polar surface area (TPSA) is 86.5 Å². The van der Waals surface area contributed by atoms with E-state index in [-0.39, 0.29) is 19.2 Å². The van der Waals surface area contributed by atoms with Crippen molar-refractivity contribution in [1.29, 1.82) is 0 Å². The van der Waals surface area contributed by atoms with Crippen LogP contribution in [0.4, 0.5) is 0 Å². The van der Waals surface area contributed by atoms with Gasteiger partial charge in [0.15, 0.2) is 17.3 Å². The summed E-state index contributed by atoms with van der Waals surface area (Å²) in [6.07, 6.45) is 4.73. The predicted molar refractivity (Wildman–Crippen MR) is 83.5 cm³/mol. The molecule has 1 amide bonds. The Kier molecular flexibility index (Phi) is 3.59. The van der Waals surface area contributed by atoms with Crippen molar-refractivity contribution < 1.29 is 18.7 Å². The third-order valence-electron chi connectivity index (χ3n) is 3.58. The zero-order chi connectivity index (χ0) is 16.4. The van der Waals surface area contributed by atoms with Crippen LogP contribution in [0, 0.1) is 0 Å². The molecule has 0 fully saturated rings. The van der Waals surface area contributed by atoms with Crippen LogP contribution in [0.2, 0.25) is 0 Å². The Morgan fingerprint density at radius 3 is 2.88 bits per heavy atom. The normalized spacial score (nSPS) is 12.2. The predicted octanol–water partition coefficient (Wildman–Crippen LogP) is 2.40. The van der Waals surface area contributed by atoms with Crippen LogP contribution in [-0.4, -0.2) is 22.7 Å². The van der Waals surface area contributed by atoms with Crippen molar-refractivity contribution >= 4 is 5.91 Å². The molecule has 1 aliphatic heterocycles. The molecule has 0 bridgehead atoms. The first-order valence-corrected chi connectivity index (χ1v) is 7.33. The average Bonchev–Trinajstić information content (AvgIpc) is 3.30. The minimum Gasteiger partial charge on any atom is -0.463 e. The van der Waals surface area contributed by atoms with Crippen molar-refractivity contribution in [2.24, 2.45) is 0 Å². The van der Waals surface area contributed by atoms with Gasteiger partial charge in [-0.2, -0.15) is 0 Å². The third kappa shape index (κ3) is 2.67. The molecule has 7 nitrogen and oxygen atoms in total. The fourth-order valence-corrected chi connectivity index (χ4v) is 2.42. The zero-order valence-corrected chi connectivity index (χ0v) is 12.6. The smallest absolute Gasteiger partial charge is 0.251 e. The van der Waals surface area contributed by atoms with Crippen molar-refractivity contribution in [2.75, 3.05) is 6.79 Å². The first-order chi connectivity index (χ1) is 11.8. The van der Waals surface area contributed by atoms with E-state index in [0.29, 0.717) is 34.2 Å². The highest BCUT2D eigenvalue weighted by Crippen LogP contribution is 2.32. The molecule has 1 N–H and O–H groups in total. The number of nitrogens with zero attached hydrogens (tertiary/aromatic N) is 2. The number of carbonyl (C=O) groups is 1. The highest BCUT2D eigenvalue weighted by molar-refractivity contribution is 5.94. The lowest BCUT2D eigenvalue weighted by Gasteiger charge is -2.08. The lowest BCUT2D eigenvalue weighted by Crippen LogP contribution is -2.23. The number of fused-ring (bicyclic) bond motifs is 1. The lowest BCUT2D eigenvalue weighted by molar-refractivity contribution is 0.0950. The number of amides is 1. The molecule has 0 unspecified atom stereocenters. The summed E-state index contributed by atoms with van der Waals surface area (Å²) >= 11 is 0. The first-order valence-electron chi connectivity index (χ1n) is 7.33. The SMILES string of the molecule is O=C(NCc1nccnc1-c1ccco1)c1ccc2c(c1)OCO2. The van der Waals surface area contributed by atoms with Gasteiger partial charge in [-0.15, -0.1) is 0 Å². The molecule has 0 atom stereocenters. The van der Waals surface area contributed by atoms with Crippen molar-refractivity contribution in [3.63, 3.8) is 0 Å². The van der Waals surface area contributed by atoms with Gasteiger partial charge in [0.05, 0.1) is 18.5 Å². The van der Waals surface area contributed by atoms with E-state index in [9.17, 15) is 4.79 Å². The molecule has 1 aromatic carbocycles. The zero-order valence-electron chi connectivity index (χ0n) is 12.6. The van der Waals surface area contributed by atoms with E-state index in [1.54, 1.807) is 49.0 Å². The van der Waals surface area contributed by atoms with E-state index in [2.05, 4.69) is 15.3 Å². The molecule has 0 saturated carbocycles. The standard InChI is InChI=1S/C17H13N3O4/c21-17(11-3-4-13-15(8-11)24-10-23-13)20-9-12-16(19-6-5-18-12)14-2-1-7-22-14/h1-8H,9-10H2,(H,20,21). The largest absolute Gasteiger partial charge is 0.463 e. The Balaban J connectivity index is 1.50. The molecule has 0 aliphatic carbocycles. The summed E-state index contributed by atoms with van der Waals surface area (Å²) in [5.41, 5.74) is 1.72. The number of furan rings is 1. The van der Waals surface area contributed by atoms with E-state index >= 15 is 0 Å². The van der Waals surface area contributed by atoms with Gasteiger partial charge in [-0.25, -0.2) is 4.98 Å². The van der Waals surface area contributed by atoms with E-state index in [1.165, 1.54) is 0 Å². The molecule has 24 heavy (non-hydrogen) atoms. The highest BCUT2D eigenvalue weighted by Gasteiger charge is 2.17. The van der Waals surface area contributed by atoms with E-state index in [0.717, 1.165) is 0 Å². The summed E-state index contributed by atoms with van der Waals surface area (Å²) in [6.45, 7) is 0.406. The molecule has 0 radical (unpaired) electrons. The summed E-state index contributed by atoms with van der Waals surface area (Å²) in [5, 5.41) is 2.83. The molecule has 3 aromatic rings. The van der Waals surface area contributed by atoms with Gasteiger partial charge in [0, 0.05) is 18.0 Å². The highest BCUT2D eigenvalue weighted by atomic mass is 16.7. The van der Waals surface area contributed by atoms with Crippen LogP contribution < -0.4 is 14.8 Å². The molecule has 120 valence electrons. The van der Waals surface area contributed by atoms with Gasteiger partial charge in [-0.05, 0) is 30.3 Å². The van der Waals surface area contributed by atoms with Crippen LogP contribution in [0.3, 0.4) is 0 Å². The number of benzene rings is 1. The maximum absolute atomic E-state index is 12.3. The summed E-state index contributed by atoms with van der Waals surface area (Å²) in [7, 11) is 0. The fourth-order valence-electron chi connectivity index (χ4n) is 2.42. The summed E-state index contributed by atoms with van der Waals surface area (Å²) in [5.74, 6) is 1.58. The molecule has 3 heterocycles. The average molecular weight is 323 g/mol. The van der Waals surface area contributed by atoms with Crippen LogP contribution in [0.25, 0.3) is 11.5 Å². The van der Waals surface area contributed by atoms with E-state index in [1.807, 2.05) is 0 Å². The Morgan fingerprint density at radius 1 is 1.12 bits per heavy atom. The van der Waals surface area contributed by atoms with Crippen molar-refractivity contribution in [2.45, 2.75) is 6.54 Å². The molecule has 1 aliphatic rings. The molecule has 7 heteroatoms. The van der Waals surface area contributed by atoms with Gasteiger partial charge in [-0.3, -0.25) is 9.78 Å². The third-order valence-corrected chi connectivity index (χ3v) is 3.58. The molecular weight excluding hydrogens is 310 g/mol. The molecule has 4 rings (SSSR count). The Morgan fingerprint density at radius 2 is 2.00 bits per heavy atom. The summed E-state index contributed by atoms with van der Waals surface area (Å²) < 4.78 is 15.9. The lowest BCUT2D eigenvalue weighted by atomic mass is 10.2. The van der Waals surface area contributed by atoms with Crippen molar-refractivity contribution in [3.8, 4) is 23.0 Å². The fraction of sp³-hybridized carbons (Fsp3) is 0.118. The number of hydrogen-bond donors (Lipinski definition) is 1. The van der Waals surface area contributed by atoms with Crippen LogP contribution in [0.5, 0.6) is 11.5 Å². The Labute approximate surface area is 137 Å². The number of nitrogens with one attached hydrogen (secondary N) is 1. The molecule has 0 spiro atoms. The maximum atomic E-state index is 12.3. The number of carbonyl (C=O) groups excluding carboxylic acids is 1. The van der Waals surface area contributed by atoms with Crippen LogP contribution >= 0.6 is 0 Å². The number of rotatable bonds is 4. The number of aromatic nitrogens is 2. The Hall–Kier alpha value is -3.35. The van der Waals surface area contributed by atoms with Crippen LogP contribution in [0.15, 0.2) is 53.4 Å². The van der Waals surface area contributed by atoms with Gasteiger partial charge in [0.2, 0.25) is 6.79 Å². The van der Waals surface area contributed by atoms with Gasteiger partial charge >= 0.3 is 0 Å². The second-order valence-corrected chi connectivity index (χ2v) is 5.08. The van der Waals surface area contributed by atoms with E-state index < -0.39 is 0 Å². The monoisotopic (exact) mass is 323 g/mol. The van der Waals surface area contributed by atoms with E-state index in [4.69, 9.17) is 13.9 Å². The first kappa shape index (κ1) is 14.3. The Bertz CT molecular complexity index is 877.